The van der Waals surface area contributed by atoms with Crippen molar-refractivity contribution < 1.29 is 14.0 Å². The van der Waals surface area contributed by atoms with Crippen LogP contribution in [0, 0.1) is 23.6 Å². The molecule has 1 aromatic carbocycles. The van der Waals surface area contributed by atoms with E-state index in [1.165, 1.54) is 12.1 Å². The molecule has 1 aromatic rings. The maximum absolute atomic E-state index is 14.4. The van der Waals surface area contributed by atoms with E-state index in [-0.39, 0.29) is 29.5 Å². The monoisotopic (exact) mass is 473 g/mol. The van der Waals surface area contributed by atoms with Crippen LogP contribution in [0.25, 0.3) is 0 Å². The van der Waals surface area contributed by atoms with Crippen molar-refractivity contribution in [3.8, 4) is 0 Å². The van der Waals surface area contributed by atoms with E-state index in [0.717, 1.165) is 69.4 Å². The van der Waals surface area contributed by atoms with Gasteiger partial charge in [-0.1, -0.05) is 40.5 Å². The summed E-state index contributed by atoms with van der Waals surface area (Å²) in [7, 11) is 0. The van der Waals surface area contributed by atoms with Gasteiger partial charge in [0, 0.05) is 44.2 Å². The first kappa shape index (κ1) is 26.7. The van der Waals surface area contributed by atoms with Gasteiger partial charge in [-0.3, -0.25) is 9.59 Å². The van der Waals surface area contributed by atoms with Crippen LogP contribution < -0.4 is 4.90 Å². The Morgan fingerprint density at radius 2 is 1.62 bits per heavy atom. The van der Waals surface area contributed by atoms with Crippen molar-refractivity contribution >= 4 is 17.5 Å². The average Bonchev–Trinajstić information content (AvgIpc) is 3.29. The fourth-order valence-corrected chi connectivity index (χ4v) is 5.44. The van der Waals surface area contributed by atoms with E-state index >= 15 is 0 Å². The van der Waals surface area contributed by atoms with Crippen LogP contribution in [-0.2, 0) is 16.1 Å². The van der Waals surface area contributed by atoms with E-state index in [0.29, 0.717) is 32.0 Å². The lowest BCUT2D eigenvalue weighted by atomic mass is 10.0. The zero-order valence-corrected chi connectivity index (χ0v) is 21.7. The molecule has 0 radical (unpaired) electrons. The Morgan fingerprint density at radius 3 is 2.26 bits per heavy atom. The molecule has 2 aliphatic rings. The summed E-state index contributed by atoms with van der Waals surface area (Å²) < 4.78 is 14.4. The minimum absolute atomic E-state index is 0.0731. The first-order valence-corrected chi connectivity index (χ1v) is 13.3. The lowest BCUT2D eigenvalue weighted by Gasteiger charge is -2.33. The number of nitrogens with zero attached hydrogens (tertiary/aromatic N) is 3. The zero-order valence-electron chi connectivity index (χ0n) is 21.7. The van der Waals surface area contributed by atoms with Crippen molar-refractivity contribution in [2.75, 3.05) is 37.6 Å². The number of hydrogen-bond donors (Lipinski definition) is 0. The van der Waals surface area contributed by atoms with Crippen molar-refractivity contribution in [3.63, 3.8) is 0 Å². The Balaban J connectivity index is 1.95. The summed E-state index contributed by atoms with van der Waals surface area (Å²) in [5.74, 6) is 0.834. The molecule has 0 spiro atoms. The Bertz CT molecular complexity index is 820. The average molecular weight is 474 g/mol. The summed E-state index contributed by atoms with van der Waals surface area (Å²) in [6, 6.07) is 4.70. The van der Waals surface area contributed by atoms with Crippen molar-refractivity contribution in [1.82, 2.24) is 9.80 Å². The van der Waals surface area contributed by atoms with Crippen LogP contribution in [0.1, 0.15) is 78.2 Å². The summed E-state index contributed by atoms with van der Waals surface area (Å²) in [4.78, 5) is 33.0. The normalized spacial score (nSPS) is 19.3. The molecule has 0 N–H and O–H groups in total. The second kappa shape index (κ2) is 12.7. The molecule has 34 heavy (non-hydrogen) atoms. The Hall–Kier alpha value is -1.95. The van der Waals surface area contributed by atoms with Crippen molar-refractivity contribution in [1.29, 1.82) is 0 Å². The van der Waals surface area contributed by atoms with E-state index in [9.17, 15) is 14.0 Å². The van der Waals surface area contributed by atoms with E-state index < -0.39 is 0 Å². The number of halogens is 1. The highest BCUT2D eigenvalue weighted by atomic mass is 19.1. The smallest absolute Gasteiger partial charge is 0.227 e. The maximum atomic E-state index is 14.4. The maximum Gasteiger partial charge on any atom is 0.227 e. The van der Waals surface area contributed by atoms with Gasteiger partial charge in [0.25, 0.3) is 0 Å². The van der Waals surface area contributed by atoms with Crippen molar-refractivity contribution in [2.45, 2.75) is 79.2 Å². The number of amides is 2. The summed E-state index contributed by atoms with van der Waals surface area (Å²) in [6.07, 6.45) is 6.35. The largest absolute Gasteiger partial charge is 0.338 e. The fourth-order valence-electron chi connectivity index (χ4n) is 5.44. The van der Waals surface area contributed by atoms with Gasteiger partial charge in [0.05, 0.1) is 0 Å². The highest BCUT2D eigenvalue weighted by Gasteiger charge is 2.29. The van der Waals surface area contributed by atoms with E-state index in [2.05, 4.69) is 18.7 Å². The molecule has 6 heteroatoms. The minimum atomic E-state index is -0.321. The van der Waals surface area contributed by atoms with Gasteiger partial charge >= 0.3 is 0 Å². The number of anilines is 1. The van der Waals surface area contributed by atoms with Gasteiger partial charge in [-0.15, -0.1) is 0 Å². The Labute approximate surface area is 205 Å². The molecule has 190 valence electrons. The quantitative estimate of drug-likeness (QED) is 0.569. The third-order valence-corrected chi connectivity index (χ3v) is 6.98. The van der Waals surface area contributed by atoms with Gasteiger partial charge < -0.3 is 14.7 Å². The zero-order chi connectivity index (χ0) is 24.7. The SMILES string of the molecule is CC(C)CC(=O)N1CCCN(CC(C)C)CCCN(C(=O)C2CCCC2)Cc2cc(F)ccc21. The molecule has 1 aliphatic heterocycles. The lowest BCUT2D eigenvalue weighted by Crippen LogP contribution is -2.41. The van der Waals surface area contributed by atoms with Gasteiger partial charge in [-0.05, 0) is 74.4 Å². The number of fused-ring (bicyclic) bond motifs is 1. The molecule has 2 amide bonds. The summed E-state index contributed by atoms with van der Waals surface area (Å²) in [5, 5.41) is 0. The van der Waals surface area contributed by atoms with Crippen LogP contribution in [0.15, 0.2) is 18.2 Å². The predicted molar refractivity (Wildman–Crippen MR) is 136 cm³/mol. The van der Waals surface area contributed by atoms with Crippen LogP contribution in [-0.4, -0.2) is 54.3 Å². The third-order valence-electron chi connectivity index (χ3n) is 6.98. The molecule has 0 atom stereocenters. The molecule has 1 saturated carbocycles. The minimum Gasteiger partial charge on any atom is -0.338 e. The molecular formula is C28H44FN3O2. The molecule has 1 aliphatic carbocycles. The second-order valence-electron chi connectivity index (χ2n) is 11.1. The highest BCUT2D eigenvalue weighted by molar-refractivity contribution is 5.94. The molecule has 0 bridgehead atoms. The van der Waals surface area contributed by atoms with Gasteiger partial charge in [-0.25, -0.2) is 4.39 Å². The molecule has 1 fully saturated rings. The molecule has 0 aromatic heterocycles. The fraction of sp³-hybridized carbons (Fsp3) is 0.714. The van der Waals surface area contributed by atoms with Crippen molar-refractivity contribution in [3.05, 3.63) is 29.6 Å². The number of benzene rings is 1. The first-order valence-electron chi connectivity index (χ1n) is 13.3. The topological polar surface area (TPSA) is 43.9 Å². The molecular weight excluding hydrogens is 429 g/mol. The standard InChI is InChI=1S/C28H44FN3O2/c1-21(2)17-27(33)32-16-8-14-30(19-22(3)4)13-7-15-31(28(34)23-9-5-6-10-23)20-24-18-25(29)11-12-26(24)32/h11-12,18,21-23H,5-10,13-17,19-20H2,1-4H3. The predicted octanol–water partition coefficient (Wildman–Crippen LogP) is 5.48. The number of rotatable bonds is 5. The lowest BCUT2D eigenvalue weighted by molar-refractivity contribution is -0.136. The highest BCUT2D eigenvalue weighted by Crippen LogP contribution is 2.30. The summed E-state index contributed by atoms with van der Waals surface area (Å²) >= 11 is 0. The van der Waals surface area contributed by atoms with Crippen LogP contribution in [0.3, 0.4) is 0 Å². The Morgan fingerprint density at radius 1 is 0.941 bits per heavy atom. The van der Waals surface area contributed by atoms with E-state index in [4.69, 9.17) is 0 Å². The van der Waals surface area contributed by atoms with Crippen LogP contribution in [0.5, 0.6) is 0 Å². The Kier molecular flexibility index (Phi) is 9.93. The van der Waals surface area contributed by atoms with Gasteiger partial charge in [0.2, 0.25) is 11.8 Å². The number of carbonyl (C=O) groups is 2. The second-order valence-corrected chi connectivity index (χ2v) is 11.1. The van der Waals surface area contributed by atoms with E-state index in [1.807, 2.05) is 23.6 Å². The van der Waals surface area contributed by atoms with Crippen molar-refractivity contribution in [2.24, 2.45) is 17.8 Å². The van der Waals surface area contributed by atoms with Gasteiger partial charge in [0.15, 0.2) is 0 Å². The molecule has 0 unspecified atom stereocenters. The van der Waals surface area contributed by atoms with Crippen LogP contribution in [0.2, 0.25) is 0 Å². The molecule has 5 nitrogen and oxygen atoms in total. The number of carbonyl (C=O) groups excluding carboxylic acids is 2. The number of hydrogen-bond acceptors (Lipinski definition) is 3. The van der Waals surface area contributed by atoms with Crippen LogP contribution >= 0.6 is 0 Å². The third kappa shape index (κ3) is 7.53. The molecule has 1 heterocycles. The first-order chi connectivity index (χ1) is 16.2. The molecule has 0 saturated heterocycles. The van der Waals surface area contributed by atoms with Crippen LogP contribution in [0.4, 0.5) is 10.1 Å². The summed E-state index contributed by atoms with van der Waals surface area (Å²) in [5.41, 5.74) is 1.50. The van der Waals surface area contributed by atoms with Gasteiger partial charge in [-0.2, -0.15) is 0 Å². The summed E-state index contributed by atoms with van der Waals surface area (Å²) in [6.45, 7) is 13.0. The van der Waals surface area contributed by atoms with Gasteiger partial charge in [0.1, 0.15) is 5.82 Å². The van der Waals surface area contributed by atoms with E-state index in [1.54, 1.807) is 6.07 Å². The molecule has 3 rings (SSSR count).